The van der Waals surface area contributed by atoms with Crippen molar-refractivity contribution in [2.24, 2.45) is 34.2 Å². The number of Topliss-reactive ketones (excluding diaryl/α,β-unsaturated/α-hetero) is 1. The number of amides is 1. The number of hydrazone groups is 1. The Labute approximate surface area is 387 Å². The van der Waals surface area contributed by atoms with E-state index in [2.05, 4.69) is 10.2 Å². The van der Waals surface area contributed by atoms with Gasteiger partial charge in [0.25, 0.3) is 11.7 Å². The highest BCUT2D eigenvalue weighted by molar-refractivity contribution is 6.23. The molecule has 6 N–H and O–H groups in total. The van der Waals surface area contributed by atoms with Crippen LogP contribution in [0.15, 0.2) is 41.2 Å². The number of allylic oxidation sites excluding steroid dienone is 3. The molecule has 4 aliphatic heterocycles. The fourth-order valence-electron chi connectivity index (χ4n) is 9.99. The van der Waals surface area contributed by atoms with Gasteiger partial charge >= 0.3 is 11.8 Å². The van der Waals surface area contributed by atoms with E-state index in [0.717, 1.165) is 13.1 Å². The maximum absolute atomic E-state index is 14.6. The number of aliphatic hydroxyl groups is 2. The van der Waals surface area contributed by atoms with Crippen LogP contribution in [0.25, 0.3) is 10.8 Å². The molecule has 362 valence electrons. The number of nitrogens with one attached hydrogen (secondary N) is 1. The summed E-state index contributed by atoms with van der Waals surface area (Å²) in [7, 11) is 1.45. The summed E-state index contributed by atoms with van der Waals surface area (Å²) in [5.41, 5.74) is -0.907. The van der Waals surface area contributed by atoms with Crippen molar-refractivity contribution < 1.29 is 58.9 Å². The van der Waals surface area contributed by atoms with Crippen LogP contribution < -0.4 is 10.1 Å². The molecular formula is C50H70N4O12. The number of anilines is 1. The number of benzene rings is 2. The second kappa shape index (κ2) is 20.0. The number of ketones is 1. The summed E-state index contributed by atoms with van der Waals surface area (Å²) >= 11 is 0. The first kappa shape index (κ1) is 50.3. The molecule has 2 fully saturated rings. The Kier molecular flexibility index (Phi) is 15.2. The van der Waals surface area contributed by atoms with Gasteiger partial charge in [-0.1, -0.05) is 72.6 Å². The molecule has 1 saturated heterocycles. The third-order valence-corrected chi connectivity index (χ3v) is 14.8. The molecule has 0 spiro atoms. The predicted octanol–water partition coefficient (Wildman–Crippen LogP) is 6.67. The second-order valence-corrected chi connectivity index (χ2v) is 19.5. The number of ether oxygens (including phenoxy) is 4. The van der Waals surface area contributed by atoms with Crippen LogP contribution in [0.3, 0.4) is 0 Å². The van der Waals surface area contributed by atoms with Crippen molar-refractivity contribution in [2.75, 3.05) is 38.6 Å². The number of hydrogen-bond acceptors (Lipinski definition) is 15. The lowest BCUT2D eigenvalue weighted by atomic mass is 9.71. The molecular weight excluding hydrogens is 849 g/mol. The SMILES string of the molecule is CO[C@H]1/C=C/O[C@@]2(C)Oc3c(C)c(O)c4c(O)c(c(/C=N/N5CCN(C6CCCC6)CC5)c(O)c4c3C2=O)NC(=O)/C(C)=C\C=C\C(C)(C)[C@H](C)[C@H](O)[C@@H](C)[C@@H](O)[C@@H](C)[C@H](OC(C)=O)[C@@H]1C. The Balaban J connectivity index is 1.49. The van der Waals surface area contributed by atoms with Gasteiger partial charge in [-0.3, -0.25) is 24.3 Å². The lowest BCUT2D eigenvalue weighted by molar-refractivity contribution is -0.161. The van der Waals surface area contributed by atoms with Crippen molar-refractivity contribution in [3.63, 3.8) is 0 Å². The molecule has 0 unspecified atom stereocenters. The molecule has 7 rings (SSSR count). The quantitative estimate of drug-likeness (QED) is 0.0799. The largest absolute Gasteiger partial charge is 0.507 e. The van der Waals surface area contributed by atoms with Gasteiger partial charge in [-0.2, -0.15) is 5.10 Å². The molecule has 66 heavy (non-hydrogen) atoms. The Morgan fingerprint density at radius 2 is 1.56 bits per heavy atom. The van der Waals surface area contributed by atoms with Gasteiger partial charge in [0.2, 0.25) is 0 Å². The summed E-state index contributed by atoms with van der Waals surface area (Å²) in [5.74, 6) is -8.15. The summed E-state index contributed by atoms with van der Waals surface area (Å²) in [6.07, 6.45) is 10.1. The summed E-state index contributed by atoms with van der Waals surface area (Å²) < 4.78 is 23.9. The molecule has 0 radical (unpaired) electrons. The lowest BCUT2D eigenvalue weighted by Crippen LogP contribution is -2.47. The lowest BCUT2D eigenvalue weighted by Gasteiger charge is -2.40. The molecule has 2 aromatic carbocycles. The first-order chi connectivity index (χ1) is 31.0. The summed E-state index contributed by atoms with van der Waals surface area (Å²) in [6, 6.07) is 0.552. The molecule has 5 bridgehead atoms. The number of fused-ring (bicyclic) bond motifs is 15. The molecule has 4 heterocycles. The smallest absolute Gasteiger partial charge is 0.312 e. The fourth-order valence-corrected chi connectivity index (χ4v) is 9.99. The molecule has 1 amide bonds. The maximum Gasteiger partial charge on any atom is 0.312 e. The predicted molar refractivity (Wildman–Crippen MR) is 251 cm³/mol. The maximum atomic E-state index is 14.6. The zero-order valence-corrected chi connectivity index (χ0v) is 40.3. The minimum absolute atomic E-state index is 0.0645. The van der Waals surface area contributed by atoms with Gasteiger partial charge in [0, 0.05) is 87.5 Å². The highest BCUT2D eigenvalue weighted by Crippen LogP contribution is 2.55. The summed E-state index contributed by atoms with van der Waals surface area (Å²) in [6.45, 7) is 19.5. The van der Waals surface area contributed by atoms with Gasteiger partial charge in [-0.25, -0.2) is 0 Å². The van der Waals surface area contributed by atoms with Crippen molar-refractivity contribution in [2.45, 2.75) is 131 Å². The number of phenols is 3. The second-order valence-electron chi connectivity index (χ2n) is 19.5. The first-order valence-electron chi connectivity index (χ1n) is 23.2. The summed E-state index contributed by atoms with van der Waals surface area (Å²) in [5, 5.41) is 68.4. The molecule has 9 atom stereocenters. The van der Waals surface area contributed by atoms with E-state index in [1.807, 2.05) is 31.9 Å². The Bertz CT molecular complexity index is 2290. The molecule has 1 saturated carbocycles. The zero-order chi connectivity index (χ0) is 48.6. The molecule has 5 aliphatic rings. The standard InChI is InChI=1S/C50H70N4O12/c1-26-15-14-19-49(8,9)31(6)41(57)28(3)40(56)29(4)45(65-32(7)55)27(2)35(63-11)18-24-64-50(10)47(61)38-36-37(42(58)30(5)46(38)66-50)44(60)39(52-48(26)62)34(43(36)59)25-51-54-22-20-53(21-23-54)33-16-12-13-17-33/h14-15,18-19,24-25,27-29,31,33,35,40-41,45,56-60H,12-13,16-17,20-23H2,1-11H3,(H,52,62)/b19-14+,24-18+,26-15-,51-25+/t27-,28+,29-,31-,35+,40-,41-,45-,50+/m1/s1. The molecule has 2 aromatic rings. The van der Waals surface area contributed by atoms with Crippen molar-refractivity contribution in [3.8, 4) is 23.0 Å². The van der Waals surface area contributed by atoms with Gasteiger partial charge in [0.15, 0.2) is 5.75 Å². The van der Waals surface area contributed by atoms with Crippen LogP contribution in [0.5, 0.6) is 23.0 Å². The topological polar surface area (TPSA) is 220 Å². The van der Waals surface area contributed by atoms with Crippen molar-refractivity contribution in [3.05, 3.63) is 52.8 Å². The number of rotatable bonds is 5. The molecule has 0 aromatic heterocycles. The van der Waals surface area contributed by atoms with E-state index in [9.17, 15) is 39.9 Å². The van der Waals surface area contributed by atoms with E-state index < -0.39 is 94.2 Å². The van der Waals surface area contributed by atoms with Gasteiger partial charge in [0.05, 0.1) is 53.0 Å². The van der Waals surface area contributed by atoms with Crippen LogP contribution in [0, 0.1) is 36.0 Å². The van der Waals surface area contributed by atoms with Gasteiger partial charge < -0.3 is 49.8 Å². The van der Waals surface area contributed by atoms with E-state index in [-0.39, 0.29) is 44.5 Å². The Morgan fingerprint density at radius 3 is 2.18 bits per heavy atom. The third kappa shape index (κ3) is 9.78. The van der Waals surface area contributed by atoms with E-state index in [4.69, 9.17) is 24.0 Å². The monoisotopic (exact) mass is 918 g/mol. The Morgan fingerprint density at radius 1 is 0.909 bits per heavy atom. The van der Waals surface area contributed by atoms with E-state index in [1.54, 1.807) is 39.8 Å². The summed E-state index contributed by atoms with van der Waals surface area (Å²) in [4.78, 5) is 43.6. The number of aliphatic hydroxyl groups excluding tert-OH is 2. The average Bonchev–Trinajstić information content (AvgIpc) is 3.92. The number of methoxy groups -OCH3 is 1. The molecule has 16 nitrogen and oxygen atoms in total. The fraction of sp³-hybridized carbons (Fsp3) is 0.600. The van der Waals surface area contributed by atoms with Crippen LogP contribution in [-0.2, 0) is 23.8 Å². The minimum Gasteiger partial charge on any atom is -0.507 e. The number of aromatic hydroxyl groups is 3. The normalized spacial score (nSPS) is 32.4. The van der Waals surface area contributed by atoms with Gasteiger partial charge in [0.1, 0.15) is 23.4 Å². The van der Waals surface area contributed by atoms with E-state index >= 15 is 0 Å². The van der Waals surface area contributed by atoms with Crippen molar-refractivity contribution in [1.82, 2.24) is 9.91 Å². The number of hydrogen-bond donors (Lipinski definition) is 6. The van der Waals surface area contributed by atoms with Gasteiger partial charge in [-0.15, -0.1) is 0 Å². The van der Waals surface area contributed by atoms with Crippen LogP contribution in [0.2, 0.25) is 0 Å². The number of carbonyl (C=O) groups is 3. The Hall–Kier alpha value is -5.16. The third-order valence-electron chi connectivity index (χ3n) is 14.8. The number of esters is 1. The average molecular weight is 919 g/mol. The van der Waals surface area contributed by atoms with Crippen LogP contribution in [0.4, 0.5) is 5.69 Å². The van der Waals surface area contributed by atoms with Crippen LogP contribution in [-0.4, -0.2) is 129 Å². The number of carbonyl (C=O) groups excluding carboxylic acids is 3. The van der Waals surface area contributed by atoms with Crippen molar-refractivity contribution in [1.29, 1.82) is 0 Å². The van der Waals surface area contributed by atoms with Crippen LogP contribution in [0.1, 0.15) is 109 Å². The zero-order valence-electron chi connectivity index (χ0n) is 40.3. The number of nitrogens with zero attached hydrogens (tertiary/aromatic N) is 3. The molecule has 1 aliphatic carbocycles. The highest BCUT2D eigenvalue weighted by atomic mass is 16.7. The highest BCUT2D eigenvalue weighted by Gasteiger charge is 2.50. The number of piperazine rings is 1. The minimum atomic E-state index is -2.05. The van der Waals surface area contributed by atoms with Crippen LogP contribution >= 0.6 is 0 Å². The molecule has 16 heteroatoms. The van der Waals surface area contributed by atoms with Crippen molar-refractivity contribution >= 4 is 40.3 Å². The van der Waals surface area contributed by atoms with Gasteiger partial charge in [-0.05, 0) is 44.1 Å². The van der Waals surface area contributed by atoms with E-state index in [0.29, 0.717) is 19.1 Å². The van der Waals surface area contributed by atoms with E-state index in [1.165, 1.54) is 72.1 Å². The first-order valence-corrected chi connectivity index (χ1v) is 23.2. The number of phenolic OH excluding ortho intramolecular Hbond substituents is 3.